The van der Waals surface area contributed by atoms with Crippen molar-refractivity contribution in [2.45, 2.75) is 25.8 Å². The molecule has 1 aliphatic rings. The summed E-state index contributed by atoms with van der Waals surface area (Å²) in [5.41, 5.74) is 0.402. The first-order valence-corrected chi connectivity index (χ1v) is 6.05. The maximum Gasteiger partial charge on any atom is 0.243 e. The van der Waals surface area contributed by atoms with Crippen molar-refractivity contribution in [3.63, 3.8) is 0 Å². The summed E-state index contributed by atoms with van der Waals surface area (Å²) in [6.07, 6.45) is 1.88. The minimum Gasteiger partial charge on any atom is -0.306 e. The van der Waals surface area contributed by atoms with Crippen molar-refractivity contribution in [1.29, 1.82) is 0 Å². The molecule has 0 spiro atoms. The SMILES string of the molecule is CC(=O)c1csc(NC(=O)[C@H]2CCCN2)n1. The number of aromatic nitrogens is 1. The van der Waals surface area contributed by atoms with E-state index in [0.29, 0.717) is 10.8 Å². The van der Waals surface area contributed by atoms with Crippen LogP contribution in [0.3, 0.4) is 0 Å². The van der Waals surface area contributed by atoms with Crippen molar-refractivity contribution in [2.24, 2.45) is 0 Å². The minimum absolute atomic E-state index is 0.0676. The van der Waals surface area contributed by atoms with Crippen molar-refractivity contribution >= 4 is 28.2 Å². The first-order valence-electron chi connectivity index (χ1n) is 5.17. The number of hydrogen-bond acceptors (Lipinski definition) is 5. The predicted molar refractivity (Wildman–Crippen MR) is 61.8 cm³/mol. The molecule has 16 heavy (non-hydrogen) atoms. The minimum atomic E-state index is -0.121. The molecule has 0 unspecified atom stereocenters. The molecular weight excluding hydrogens is 226 g/mol. The lowest BCUT2D eigenvalue weighted by molar-refractivity contribution is -0.117. The summed E-state index contributed by atoms with van der Waals surface area (Å²) < 4.78 is 0. The largest absolute Gasteiger partial charge is 0.306 e. The third kappa shape index (κ3) is 2.45. The average Bonchev–Trinajstić information content (AvgIpc) is 2.87. The lowest BCUT2D eigenvalue weighted by Crippen LogP contribution is -2.35. The molecule has 2 N–H and O–H groups in total. The Morgan fingerprint density at radius 3 is 3.00 bits per heavy atom. The third-order valence-electron chi connectivity index (χ3n) is 2.47. The van der Waals surface area contributed by atoms with Gasteiger partial charge in [0.05, 0.1) is 6.04 Å². The number of carbonyl (C=O) groups is 2. The van der Waals surface area contributed by atoms with Crippen LogP contribution < -0.4 is 10.6 Å². The van der Waals surface area contributed by atoms with Crippen LogP contribution in [0, 0.1) is 0 Å². The van der Waals surface area contributed by atoms with E-state index in [1.807, 2.05) is 0 Å². The van der Waals surface area contributed by atoms with Crippen molar-refractivity contribution in [2.75, 3.05) is 11.9 Å². The van der Waals surface area contributed by atoms with Crippen molar-refractivity contribution in [3.8, 4) is 0 Å². The van der Waals surface area contributed by atoms with Crippen LogP contribution in [-0.2, 0) is 4.79 Å². The Morgan fingerprint density at radius 1 is 1.62 bits per heavy atom. The number of rotatable bonds is 3. The summed E-state index contributed by atoms with van der Waals surface area (Å²) in [7, 11) is 0. The molecule has 0 aromatic carbocycles. The van der Waals surface area contributed by atoms with Crippen LogP contribution in [-0.4, -0.2) is 29.3 Å². The summed E-state index contributed by atoms with van der Waals surface area (Å²) in [5.74, 6) is -0.155. The molecule has 6 heteroatoms. The van der Waals surface area contributed by atoms with E-state index in [1.165, 1.54) is 18.3 Å². The van der Waals surface area contributed by atoms with Crippen LogP contribution in [0.1, 0.15) is 30.3 Å². The summed E-state index contributed by atoms with van der Waals surface area (Å²) in [6, 6.07) is -0.121. The lowest BCUT2D eigenvalue weighted by Gasteiger charge is -2.08. The molecule has 1 aliphatic heterocycles. The highest BCUT2D eigenvalue weighted by molar-refractivity contribution is 7.14. The Balaban J connectivity index is 1.97. The molecule has 0 bridgehead atoms. The normalized spacial score (nSPS) is 19.7. The Bertz CT molecular complexity index is 410. The predicted octanol–water partition coefficient (Wildman–Crippen LogP) is 1.04. The van der Waals surface area contributed by atoms with Gasteiger partial charge >= 0.3 is 0 Å². The first kappa shape index (κ1) is 11.2. The van der Waals surface area contributed by atoms with E-state index in [1.54, 1.807) is 5.38 Å². The van der Waals surface area contributed by atoms with E-state index in [-0.39, 0.29) is 17.7 Å². The number of thiazole rings is 1. The molecule has 0 aliphatic carbocycles. The second kappa shape index (κ2) is 4.71. The molecular formula is C10H13N3O2S. The smallest absolute Gasteiger partial charge is 0.243 e. The van der Waals surface area contributed by atoms with Crippen LogP contribution in [0.4, 0.5) is 5.13 Å². The van der Waals surface area contributed by atoms with Gasteiger partial charge in [-0.25, -0.2) is 4.98 Å². The number of nitrogens with one attached hydrogen (secondary N) is 2. The van der Waals surface area contributed by atoms with Crippen LogP contribution >= 0.6 is 11.3 Å². The summed E-state index contributed by atoms with van der Waals surface area (Å²) in [5, 5.41) is 7.96. The third-order valence-corrected chi connectivity index (χ3v) is 3.23. The number of Topliss-reactive ketones (excluding diaryl/α,β-unsaturated/α-hetero) is 1. The number of ketones is 1. The lowest BCUT2D eigenvalue weighted by atomic mass is 10.2. The van der Waals surface area contributed by atoms with E-state index in [0.717, 1.165) is 19.4 Å². The fourth-order valence-electron chi connectivity index (χ4n) is 1.59. The van der Waals surface area contributed by atoms with Gasteiger partial charge < -0.3 is 10.6 Å². The average molecular weight is 239 g/mol. The van der Waals surface area contributed by atoms with Gasteiger partial charge in [0.2, 0.25) is 5.91 Å². The molecule has 5 nitrogen and oxygen atoms in total. The fraction of sp³-hybridized carbons (Fsp3) is 0.500. The standard InChI is InChI=1S/C10H13N3O2S/c1-6(14)8-5-16-10(12-8)13-9(15)7-3-2-4-11-7/h5,7,11H,2-4H2,1H3,(H,12,13,15)/t7-/m1/s1. The second-order valence-electron chi connectivity index (χ2n) is 3.73. The molecule has 1 fully saturated rings. The Kier molecular flexibility index (Phi) is 3.31. The second-order valence-corrected chi connectivity index (χ2v) is 4.59. The quantitative estimate of drug-likeness (QED) is 0.773. The van der Waals surface area contributed by atoms with Crippen molar-refractivity contribution < 1.29 is 9.59 Å². The maximum atomic E-state index is 11.7. The van der Waals surface area contributed by atoms with E-state index < -0.39 is 0 Å². The first-order chi connectivity index (χ1) is 7.66. The van der Waals surface area contributed by atoms with Crippen LogP contribution in [0.5, 0.6) is 0 Å². The highest BCUT2D eigenvalue weighted by Crippen LogP contribution is 2.17. The molecule has 1 amide bonds. The molecule has 86 valence electrons. The molecule has 0 saturated carbocycles. The Hall–Kier alpha value is -1.27. The van der Waals surface area contributed by atoms with Gasteiger partial charge in [0.15, 0.2) is 10.9 Å². The van der Waals surface area contributed by atoms with Gasteiger partial charge in [-0.05, 0) is 19.4 Å². The van der Waals surface area contributed by atoms with Crippen molar-refractivity contribution in [1.82, 2.24) is 10.3 Å². The topological polar surface area (TPSA) is 71.1 Å². The van der Waals surface area contributed by atoms with Crippen LogP contribution in [0.15, 0.2) is 5.38 Å². The number of hydrogen-bond donors (Lipinski definition) is 2. The van der Waals surface area contributed by atoms with Crippen LogP contribution in [0.25, 0.3) is 0 Å². The zero-order valence-electron chi connectivity index (χ0n) is 8.95. The summed E-state index contributed by atoms with van der Waals surface area (Å²) in [6.45, 7) is 2.34. The highest BCUT2D eigenvalue weighted by atomic mass is 32.1. The van der Waals surface area contributed by atoms with E-state index >= 15 is 0 Å². The van der Waals surface area contributed by atoms with Gasteiger partial charge in [-0.2, -0.15) is 0 Å². The molecule has 1 aromatic heterocycles. The molecule has 2 heterocycles. The molecule has 1 saturated heterocycles. The summed E-state index contributed by atoms with van der Waals surface area (Å²) in [4.78, 5) is 26.8. The van der Waals surface area contributed by atoms with Gasteiger partial charge in [-0.3, -0.25) is 9.59 Å². The van der Waals surface area contributed by atoms with Gasteiger partial charge in [-0.1, -0.05) is 0 Å². The number of amides is 1. The number of carbonyl (C=O) groups excluding carboxylic acids is 2. The molecule has 1 atom stereocenters. The van der Waals surface area contributed by atoms with E-state index in [2.05, 4.69) is 15.6 Å². The highest BCUT2D eigenvalue weighted by Gasteiger charge is 2.22. The van der Waals surface area contributed by atoms with Gasteiger partial charge in [0.25, 0.3) is 0 Å². The van der Waals surface area contributed by atoms with E-state index in [4.69, 9.17) is 0 Å². The number of nitrogens with zero attached hydrogens (tertiary/aromatic N) is 1. The monoisotopic (exact) mass is 239 g/mol. The van der Waals surface area contributed by atoms with Gasteiger partial charge in [0, 0.05) is 12.3 Å². The Labute approximate surface area is 97.3 Å². The molecule has 0 radical (unpaired) electrons. The number of anilines is 1. The molecule has 1 aromatic rings. The Morgan fingerprint density at radius 2 is 2.44 bits per heavy atom. The van der Waals surface area contributed by atoms with Crippen molar-refractivity contribution in [3.05, 3.63) is 11.1 Å². The van der Waals surface area contributed by atoms with Crippen LogP contribution in [0.2, 0.25) is 0 Å². The zero-order valence-corrected chi connectivity index (χ0v) is 9.76. The maximum absolute atomic E-state index is 11.7. The van der Waals surface area contributed by atoms with Gasteiger partial charge in [0.1, 0.15) is 5.69 Å². The molecule has 2 rings (SSSR count). The zero-order chi connectivity index (χ0) is 11.5. The van der Waals surface area contributed by atoms with Gasteiger partial charge in [-0.15, -0.1) is 11.3 Å². The fourth-order valence-corrected chi connectivity index (χ4v) is 2.35. The van der Waals surface area contributed by atoms with E-state index in [9.17, 15) is 9.59 Å². The summed E-state index contributed by atoms with van der Waals surface area (Å²) >= 11 is 1.27.